The number of ketones is 1. The molecule has 1 unspecified atom stereocenters. The van der Waals surface area contributed by atoms with Crippen molar-refractivity contribution < 1.29 is 29.1 Å². The molecule has 1 N–H and O–H groups in total. The molecule has 174 valence electrons. The summed E-state index contributed by atoms with van der Waals surface area (Å²) >= 11 is 3.36. The second-order valence-corrected chi connectivity index (χ2v) is 9.01. The van der Waals surface area contributed by atoms with Crippen LogP contribution in [0, 0.1) is 0 Å². The van der Waals surface area contributed by atoms with Crippen LogP contribution < -0.4 is 14.7 Å². The molecule has 2 aliphatic heterocycles. The molecule has 8 heteroatoms. The molecule has 2 fully saturated rings. The number of hydrogen-bond donors (Lipinski definition) is 1. The van der Waals surface area contributed by atoms with Crippen LogP contribution in [0.25, 0.3) is 5.76 Å². The fourth-order valence-electron chi connectivity index (χ4n) is 4.31. The molecule has 7 nitrogen and oxygen atoms in total. The number of nitrogens with zero attached hydrogens (tertiary/aromatic N) is 1. The standard InChI is InChI=1S/C25H27BrN2O5/c1-2-33-20-9-5-17(6-10-20)22-21(23(29)18-3-7-19(26)8-4-18)24(30)25(31)28(22)12-11-27-13-15-32-16-14-27/h3-10,22,29H,2,11-16H2,1H3/b23-21+. The van der Waals surface area contributed by atoms with Crippen LogP contribution in [0.3, 0.4) is 0 Å². The van der Waals surface area contributed by atoms with E-state index in [1.807, 2.05) is 19.1 Å². The first-order valence-electron chi connectivity index (χ1n) is 11.2. The van der Waals surface area contributed by atoms with Crippen molar-refractivity contribution in [3.8, 4) is 5.75 Å². The summed E-state index contributed by atoms with van der Waals surface area (Å²) in [6.07, 6.45) is 0. The second-order valence-electron chi connectivity index (χ2n) is 8.09. The Morgan fingerprint density at radius 1 is 1.12 bits per heavy atom. The summed E-state index contributed by atoms with van der Waals surface area (Å²) in [4.78, 5) is 29.0. The first-order valence-corrected chi connectivity index (χ1v) is 12.0. The number of nitrogens with one attached hydrogen (secondary N) is 1. The van der Waals surface area contributed by atoms with E-state index in [0.29, 0.717) is 44.2 Å². The van der Waals surface area contributed by atoms with E-state index >= 15 is 0 Å². The molecule has 2 aromatic carbocycles. The number of halogens is 1. The Morgan fingerprint density at radius 2 is 1.79 bits per heavy atom. The Bertz CT molecular complexity index is 1030. The number of morpholine rings is 1. The quantitative estimate of drug-likeness (QED) is 0.338. The van der Waals surface area contributed by atoms with Crippen LogP contribution in [-0.4, -0.2) is 62.6 Å². The maximum Gasteiger partial charge on any atom is 0.295 e. The number of benzene rings is 2. The monoisotopic (exact) mass is 514 g/mol. The van der Waals surface area contributed by atoms with Gasteiger partial charge in [0.05, 0.1) is 39.0 Å². The van der Waals surface area contributed by atoms with Crippen molar-refractivity contribution in [3.63, 3.8) is 0 Å². The van der Waals surface area contributed by atoms with Gasteiger partial charge in [-0.25, -0.2) is 0 Å². The van der Waals surface area contributed by atoms with Gasteiger partial charge in [-0.1, -0.05) is 46.0 Å². The lowest BCUT2D eigenvalue weighted by Gasteiger charge is -2.30. The summed E-state index contributed by atoms with van der Waals surface area (Å²) < 4.78 is 11.8. The van der Waals surface area contributed by atoms with E-state index in [0.717, 1.165) is 23.1 Å². The van der Waals surface area contributed by atoms with Gasteiger partial charge in [-0.15, -0.1) is 0 Å². The summed E-state index contributed by atoms with van der Waals surface area (Å²) in [6, 6.07) is 13.4. The number of hydrogen-bond acceptors (Lipinski definition) is 5. The minimum Gasteiger partial charge on any atom is -0.872 e. The highest BCUT2D eigenvalue weighted by Gasteiger charge is 2.44. The van der Waals surface area contributed by atoms with Crippen LogP contribution in [0.1, 0.15) is 24.1 Å². The third-order valence-electron chi connectivity index (χ3n) is 6.05. The Kier molecular flexibility index (Phi) is 7.47. The van der Waals surface area contributed by atoms with Gasteiger partial charge in [0.15, 0.2) is 0 Å². The number of Topliss-reactive ketones (excluding diaryl/α,β-unsaturated/α-hetero) is 1. The number of likely N-dealkylation sites (tertiary alicyclic amines) is 1. The van der Waals surface area contributed by atoms with Crippen molar-refractivity contribution in [1.29, 1.82) is 0 Å². The molecular weight excluding hydrogens is 488 g/mol. The number of carbonyl (C=O) groups excluding carboxylic acids is 2. The predicted molar refractivity (Wildman–Crippen MR) is 125 cm³/mol. The molecule has 0 aliphatic carbocycles. The van der Waals surface area contributed by atoms with E-state index in [2.05, 4.69) is 15.9 Å². The van der Waals surface area contributed by atoms with Gasteiger partial charge in [-0.05, 0) is 42.3 Å². The molecule has 0 radical (unpaired) electrons. The molecule has 2 aliphatic rings. The molecule has 4 rings (SSSR count). The van der Waals surface area contributed by atoms with Crippen molar-refractivity contribution in [2.24, 2.45) is 0 Å². The highest BCUT2D eigenvalue weighted by molar-refractivity contribution is 9.10. The van der Waals surface area contributed by atoms with E-state index in [-0.39, 0.29) is 5.57 Å². The van der Waals surface area contributed by atoms with Gasteiger partial charge >= 0.3 is 0 Å². The van der Waals surface area contributed by atoms with Gasteiger partial charge in [0.25, 0.3) is 5.91 Å². The van der Waals surface area contributed by atoms with E-state index in [1.165, 1.54) is 4.90 Å². The highest BCUT2D eigenvalue weighted by atomic mass is 79.9. The summed E-state index contributed by atoms with van der Waals surface area (Å²) in [6.45, 7) is 6.60. The van der Waals surface area contributed by atoms with Crippen LogP contribution in [-0.2, 0) is 14.3 Å². The normalized spacial score (nSPS) is 20.9. The van der Waals surface area contributed by atoms with Gasteiger partial charge in [-0.3, -0.25) is 9.59 Å². The van der Waals surface area contributed by atoms with Gasteiger partial charge in [-0.2, -0.15) is 0 Å². The Hall–Kier alpha value is -2.68. The summed E-state index contributed by atoms with van der Waals surface area (Å²) in [7, 11) is 0. The summed E-state index contributed by atoms with van der Waals surface area (Å²) in [5.74, 6) is -1.07. The molecule has 0 spiro atoms. The summed E-state index contributed by atoms with van der Waals surface area (Å²) in [5.41, 5.74) is 1.10. The minimum atomic E-state index is -0.725. The lowest BCUT2D eigenvalue weighted by Crippen LogP contribution is -3.14. The number of amides is 1. The maximum atomic E-state index is 13.4. The number of carbonyl (C=O) groups is 2. The Labute approximate surface area is 201 Å². The lowest BCUT2D eigenvalue weighted by atomic mass is 9.95. The first kappa shape index (κ1) is 23.5. The Balaban J connectivity index is 1.71. The molecular formula is C25H27BrN2O5. The average Bonchev–Trinajstić information content (AvgIpc) is 3.09. The molecule has 33 heavy (non-hydrogen) atoms. The second kappa shape index (κ2) is 10.5. The molecule has 0 saturated carbocycles. The number of rotatable bonds is 7. The molecule has 2 aromatic rings. The largest absolute Gasteiger partial charge is 0.872 e. The van der Waals surface area contributed by atoms with Crippen molar-refractivity contribution in [1.82, 2.24) is 4.90 Å². The topological polar surface area (TPSA) is 83.3 Å². The van der Waals surface area contributed by atoms with Gasteiger partial charge < -0.3 is 24.4 Å². The molecule has 1 amide bonds. The zero-order valence-corrected chi connectivity index (χ0v) is 20.1. The van der Waals surface area contributed by atoms with E-state index < -0.39 is 23.5 Å². The van der Waals surface area contributed by atoms with E-state index in [1.54, 1.807) is 41.3 Å². The van der Waals surface area contributed by atoms with E-state index in [9.17, 15) is 14.7 Å². The molecule has 0 aromatic heterocycles. The fourth-order valence-corrected chi connectivity index (χ4v) is 4.57. The fraction of sp³-hybridized carbons (Fsp3) is 0.360. The zero-order valence-electron chi connectivity index (χ0n) is 18.5. The van der Waals surface area contributed by atoms with Crippen molar-refractivity contribution in [3.05, 3.63) is 69.7 Å². The lowest BCUT2D eigenvalue weighted by molar-refractivity contribution is -0.907. The highest BCUT2D eigenvalue weighted by Crippen LogP contribution is 2.39. The predicted octanol–water partition coefficient (Wildman–Crippen LogP) is 0.987. The van der Waals surface area contributed by atoms with Gasteiger partial charge in [0.2, 0.25) is 5.78 Å². The summed E-state index contributed by atoms with van der Waals surface area (Å²) in [5, 5.41) is 13.4. The zero-order chi connectivity index (χ0) is 23.4. The van der Waals surface area contributed by atoms with Crippen LogP contribution in [0.4, 0.5) is 0 Å². The van der Waals surface area contributed by atoms with Gasteiger partial charge in [0.1, 0.15) is 18.8 Å². The van der Waals surface area contributed by atoms with Crippen molar-refractivity contribution in [2.75, 3.05) is 46.0 Å². The first-order chi connectivity index (χ1) is 16.0. The number of ether oxygens (including phenoxy) is 2. The average molecular weight is 515 g/mol. The SMILES string of the molecule is CCOc1ccc(C2/C(=C(\[O-])c3ccc(Br)cc3)C(=O)C(=O)N2CC[NH+]2CCOCC2)cc1. The van der Waals surface area contributed by atoms with Crippen LogP contribution in [0.15, 0.2) is 58.6 Å². The van der Waals surface area contributed by atoms with Crippen LogP contribution >= 0.6 is 15.9 Å². The molecule has 1 atom stereocenters. The van der Waals surface area contributed by atoms with Crippen molar-refractivity contribution >= 4 is 33.4 Å². The van der Waals surface area contributed by atoms with E-state index in [4.69, 9.17) is 9.47 Å². The minimum absolute atomic E-state index is 0.00320. The van der Waals surface area contributed by atoms with Crippen molar-refractivity contribution in [2.45, 2.75) is 13.0 Å². The third-order valence-corrected chi connectivity index (χ3v) is 6.58. The van der Waals surface area contributed by atoms with Crippen LogP contribution in [0.2, 0.25) is 0 Å². The van der Waals surface area contributed by atoms with Crippen LogP contribution in [0.5, 0.6) is 5.75 Å². The number of quaternary nitrogens is 1. The molecule has 2 saturated heterocycles. The maximum absolute atomic E-state index is 13.4. The smallest absolute Gasteiger partial charge is 0.295 e. The third kappa shape index (κ3) is 5.13. The van der Waals surface area contributed by atoms with Gasteiger partial charge in [0, 0.05) is 10.0 Å². The molecule has 0 bridgehead atoms. The Morgan fingerprint density at radius 3 is 2.42 bits per heavy atom. The molecule has 2 heterocycles.